The molecule has 5 nitrogen and oxygen atoms in total. The second kappa shape index (κ2) is 5.33. The lowest BCUT2D eigenvalue weighted by molar-refractivity contribution is -0.142. The Kier molecular flexibility index (Phi) is 3.81. The molecule has 17 heavy (non-hydrogen) atoms. The third kappa shape index (κ3) is 3.08. The van der Waals surface area contributed by atoms with Crippen LogP contribution >= 0.6 is 0 Å². The van der Waals surface area contributed by atoms with E-state index in [9.17, 15) is 4.79 Å². The van der Waals surface area contributed by atoms with Gasteiger partial charge in [0.1, 0.15) is 5.76 Å². The maximum atomic E-state index is 10.7. The molecule has 0 bridgehead atoms. The van der Waals surface area contributed by atoms with Gasteiger partial charge in [-0.3, -0.25) is 9.69 Å². The molecule has 1 aromatic heterocycles. The van der Waals surface area contributed by atoms with Crippen molar-refractivity contribution in [1.82, 2.24) is 4.90 Å². The summed E-state index contributed by atoms with van der Waals surface area (Å²) in [5, 5.41) is 8.76. The van der Waals surface area contributed by atoms with Gasteiger partial charge in [-0.15, -0.1) is 0 Å². The number of nitrogens with zero attached hydrogens (tertiary/aromatic N) is 1. The Morgan fingerprint density at radius 3 is 3.18 bits per heavy atom. The van der Waals surface area contributed by atoms with E-state index in [2.05, 4.69) is 11.8 Å². The first-order valence-corrected chi connectivity index (χ1v) is 5.77. The second-order valence-electron chi connectivity index (χ2n) is 4.28. The van der Waals surface area contributed by atoms with Crippen LogP contribution in [0.4, 0.5) is 0 Å². The first-order chi connectivity index (χ1) is 8.16. The van der Waals surface area contributed by atoms with E-state index in [0.29, 0.717) is 13.2 Å². The molecule has 94 valence electrons. The molecule has 1 aromatic rings. The number of aliphatic carboxylic acids is 1. The van der Waals surface area contributed by atoms with E-state index >= 15 is 0 Å². The maximum absolute atomic E-state index is 10.7. The first-order valence-electron chi connectivity index (χ1n) is 5.77. The zero-order valence-corrected chi connectivity index (χ0v) is 9.83. The normalized spacial score (nSPS) is 23.5. The minimum atomic E-state index is -0.817. The third-order valence-corrected chi connectivity index (χ3v) is 3.08. The molecule has 2 rings (SSSR count). The molecule has 1 aliphatic heterocycles. The lowest BCUT2D eigenvalue weighted by atomic mass is 10.1. The number of carboxylic acids is 1. The fourth-order valence-corrected chi connectivity index (χ4v) is 2.12. The zero-order chi connectivity index (χ0) is 12.3. The monoisotopic (exact) mass is 239 g/mol. The quantitative estimate of drug-likeness (QED) is 0.863. The molecule has 0 aromatic carbocycles. The van der Waals surface area contributed by atoms with Crippen LogP contribution in [0.25, 0.3) is 0 Å². The van der Waals surface area contributed by atoms with Crippen molar-refractivity contribution in [3.8, 4) is 0 Å². The molecule has 0 spiro atoms. The van der Waals surface area contributed by atoms with Crippen molar-refractivity contribution in [3.63, 3.8) is 0 Å². The molecule has 0 amide bonds. The van der Waals surface area contributed by atoms with Crippen LogP contribution in [0.2, 0.25) is 0 Å². The van der Waals surface area contributed by atoms with Crippen molar-refractivity contribution in [1.29, 1.82) is 0 Å². The third-order valence-electron chi connectivity index (χ3n) is 3.08. The zero-order valence-electron chi connectivity index (χ0n) is 9.83. The highest BCUT2D eigenvalue weighted by Gasteiger charge is 2.27. The van der Waals surface area contributed by atoms with Gasteiger partial charge in [-0.25, -0.2) is 0 Å². The minimum absolute atomic E-state index is 0.0569. The summed E-state index contributed by atoms with van der Waals surface area (Å²) in [5.41, 5.74) is 0. The average molecular weight is 239 g/mol. The van der Waals surface area contributed by atoms with Crippen molar-refractivity contribution < 1.29 is 19.1 Å². The lowest BCUT2D eigenvalue weighted by Crippen LogP contribution is -2.44. The topological polar surface area (TPSA) is 62.9 Å². The number of carboxylic acid groups (broad SMARTS) is 1. The molecule has 1 fully saturated rings. The van der Waals surface area contributed by atoms with Crippen molar-refractivity contribution in [2.75, 3.05) is 19.7 Å². The molecule has 2 unspecified atom stereocenters. The van der Waals surface area contributed by atoms with Crippen molar-refractivity contribution in [3.05, 3.63) is 24.2 Å². The highest BCUT2D eigenvalue weighted by Crippen LogP contribution is 2.23. The van der Waals surface area contributed by atoms with Gasteiger partial charge in [0.05, 0.1) is 31.4 Å². The number of carbonyl (C=O) groups is 1. The smallest absolute Gasteiger partial charge is 0.306 e. The summed E-state index contributed by atoms with van der Waals surface area (Å²) < 4.78 is 10.8. The summed E-state index contributed by atoms with van der Waals surface area (Å²) in [6.07, 6.45) is 1.49. The van der Waals surface area contributed by atoms with E-state index in [0.717, 1.165) is 12.3 Å². The van der Waals surface area contributed by atoms with Gasteiger partial charge in [0, 0.05) is 13.1 Å². The summed E-state index contributed by atoms with van der Waals surface area (Å²) in [5.74, 6) is 0.0866. The number of hydrogen-bond donors (Lipinski definition) is 1. The van der Waals surface area contributed by atoms with Gasteiger partial charge >= 0.3 is 5.97 Å². The highest BCUT2D eigenvalue weighted by molar-refractivity contribution is 5.67. The Bertz CT molecular complexity index is 363. The Morgan fingerprint density at radius 1 is 1.71 bits per heavy atom. The Morgan fingerprint density at radius 2 is 2.53 bits per heavy atom. The summed E-state index contributed by atoms with van der Waals surface area (Å²) in [4.78, 5) is 12.8. The van der Waals surface area contributed by atoms with E-state index in [1.54, 1.807) is 6.26 Å². The van der Waals surface area contributed by atoms with Crippen LogP contribution in [0.5, 0.6) is 0 Å². The summed E-state index contributed by atoms with van der Waals surface area (Å²) in [6, 6.07) is 3.96. The first kappa shape index (κ1) is 12.1. The van der Waals surface area contributed by atoms with Gasteiger partial charge in [0.2, 0.25) is 0 Å². The molecule has 0 radical (unpaired) electrons. The fraction of sp³-hybridized carbons (Fsp3) is 0.583. The van der Waals surface area contributed by atoms with Gasteiger partial charge in [0.25, 0.3) is 0 Å². The largest absolute Gasteiger partial charge is 0.481 e. The predicted molar refractivity (Wildman–Crippen MR) is 60.7 cm³/mol. The summed E-state index contributed by atoms with van der Waals surface area (Å²) in [7, 11) is 0. The van der Waals surface area contributed by atoms with Crippen LogP contribution in [0, 0.1) is 0 Å². The minimum Gasteiger partial charge on any atom is -0.481 e. The molecule has 0 saturated carbocycles. The molecule has 1 aliphatic rings. The van der Waals surface area contributed by atoms with Gasteiger partial charge < -0.3 is 14.3 Å². The number of rotatable bonds is 4. The number of morpholine rings is 1. The van der Waals surface area contributed by atoms with Crippen molar-refractivity contribution >= 4 is 5.97 Å². The molecule has 2 heterocycles. The predicted octanol–water partition coefficient (Wildman–Crippen LogP) is 1.52. The molecule has 1 saturated heterocycles. The molecule has 1 N–H and O–H groups in total. The molecule has 0 aliphatic carbocycles. The maximum Gasteiger partial charge on any atom is 0.306 e. The van der Waals surface area contributed by atoms with E-state index in [-0.39, 0.29) is 18.6 Å². The van der Waals surface area contributed by atoms with E-state index in [4.69, 9.17) is 14.3 Å². The van der Waals surface area contributed by atoms with E-state index < -0.39 is 5.97 Å². The van der Waals surface area contributed by atoms with Crippen molar-refractivity contribution in [2.45, 2.75) is 25.5 Å². The second-order valence-corrected chi connectivity index (χ2v) is 4.28. The molecular weight excluding hydrogens is 222 g/mol. The van der Waals surface area contributed by atoms with Gasteiger partial charge in [-0.1, -0.05) is 0 Å². The van der Waals surface area contributed by atoms with Crippen LogP contribution in [-0.2, 0) is 9.53 Å². The molecule has 2 atom stereocenters. The Balaban J connectivity index is 1.95. The van der Waals surface area contributed by atoms with Gasteiger partial charge in [-0.05, 0) is 19.1 Å². The average Bonchev–Trinajstić information content (AvgIpc) is 2.81. The molecule has 5 heteroatoms. The number of hydrogen-bond acceptors (Lipinski definition) is 4. The van der Waals surface area contributed by atoms with Gasteiger partial charge in [0.15, 0.2) is 0 Å². The Labute approximate surface area is 100.0 Å². The van der Waals surface area contributed by atoms with Gasteiger partial charge in [-0.2, -0.15) is 0 Å². The van der Waals surface area contributed by atoms with E-state index in [1.807, 2.05) is 12.1 Å². The Hall–Kier alpha value is -1.33. The van der Waals surface area contributed by atoms with Crippen LogP contribution < -0.4 is 0 Å². The van der Waals surface area contributed by atoms with Crippen LogP contribution in [0.1, 0.15) is 25.1 Å². The fourth-order valence-electron chi connectivity index (χ4n) is 2.12. The summed E-state index contributed by atoms with van der Waals surface area (Å²) >= 11 is 0. The standard InChI is InChI=1S/C12H17NO4/c1-9(11-3-2-5-17-11)13-4-6-16-10(8-13)7-12(14)15/h2-3,5,9-10H,4,6-8H2,1H3,(H,14,15). The SMILES string of the molecule is CC(c1ccco1)N1CCOC(CC(=O)O)C1. The lowest BCUT2D eigenvalue weighted by Gasteiger charge is -2.35. The highest BCUT2D eigenvalue weighted by atomic mass is 16.5. The number of ether oxygens (including phenoxy) is 1. The van der Waals surface area contributed by atoms with Crippen LogP contribution in [0.15, 0.2) is 22.8 Å². The van der Waals surface area contributed by atoms with Crippen LogP contribution in [-0.4, -0.2) is 41.8 Å². The number of furan rings is 1. The van der Waals surface area contributed by atoms with Crippen molar-refractivity contribution in [2.24, 2.45) is 0 Å². The van der Waals surface area contributed by atoms with E-state index in [1.165, 1.54) is 0 Å². The summed E-state index contributed by atoms with van der Waals surface area (Å²) in [6.45, 7) is 4.07. The van der Waals surface area contributed by atoms with Crippen LogP contribution in [0.3, 0.4) is 0 Å². The molecular formula is C12H17NO4.